The maximum Gasteiger partial charge on any atom is 0.136 e. The zero-order valence-corrected chi connectivity index (χ0v) is 26.3. The minimum atomic E-state index is -0.312. The highest BCUT2D eigenvalue weighted by molar-refractivity contribution is 6.26. The van der Waals surface area contributed by atoms with E-state index in [1.165, 1.54) is 0 Å². The molecular formula is C48H30O. The first-order valence-corrected chi connectivity index (χ1v) is 16.4. The van der Waals surface area contributed by atoms with E-state index in [9.17, 15) is 2.74 Å². The highest BCUT2D eigenvalue weighted by atomic mass is 16.3. The van der Waals surface area contributed by atoms with Crippen LogP contribution in [0.4, 0.5) is 0 Å². The van der Waals surface area contributed by atoms with Gasteiger partial charge in [-0.25, -0.2) is 0 Å². The summed E-state index contributed by atoms with van der Waals surface area (Å²) in [6.07, 6.45) is 0. The predicted octanol–water partition coefficient (Wildman–Crippen LogP) is 13.7. The molecule has 1 heteroatoms. The van der Waals surface area contributed by atoms with E-state index in [1.807, 2.05) is 72.8 Å². The molecule has 9 aromatic carbocycles. The van der Waals surface area contributed by atoms with Gasteiger partial charge in [0, 0.05) is 10.8 Å². The second-order valence-corrected chi connectivity index (χ2v) is 12.3. The number of fused-ring (bicyclic) bond motifs is 6. The second kappa shape index (κ2) is 11.1. The van der Waals surface area contributed by atoms with E-state index >= 15 is 0 Å². The lowest BCUT2D eigenvalue weighted by molar-refractivity contribution is 0.669. The normalized spacial score (nSPS) is 13.4. The third kappa shape index (κ3) is 4.40. The lowest BCUT2D eigenvalue weighted by Gasteiger charge is -2.19. The summed E-state index contributed by atoms with van der Waals surface area (Å²) in [4.78, 5) is 0. The summed E-state index contributed by atoms with van der Waals surface area (Å²) in [6.45, 7) is 0. The molecule has 0 spiro atoms. The summed E-state index contributed by atoms with van der Waals surface area (Å²) in [7, 11) is 0. The van der Waals surface area contributed by atoms with Gasteiger partial charge in [-0.3, -0.25) is 0 Å². The maximum atomic E-state index is 9.56. The molecule has 228 valence electrons. The Hall–Kier alpha value is -6.44. The number of furan rings is 1. The van der Waals surface area contributed by atoms with E-state index in [-0.39, 0.29) is 58.4 Å². The first-order valence-electron chi connectivity index (χ1n) is 19.4. The van der Waals surface area contributed by atoms with Crippen molar-refractivity contribution < 1.29 is 12.6 Å². The van der Waals surface area contributed by atoms with Gasteiger partial charge in [0.15, 0.2) is 0 Å². The smallest absolute Gasteiger partial charge is 0.136 e. The second-order valence-electron chi connectivity index (χ2n) is 12.3. The van der Waals surface area contributed by atoms with Crippen LogP contribution in [-0.4, -0.2) is 0 Å². The standard InChI is InChI=1S/C48H30O/c1-3-14-31(15-4-1)33-26-27-44-43(29-33)48-41(24-13-25-45(48)49-44)47-39-22-11-9-20-37(39)46(38-21-10-12-23-40(38)47)35-28-34-18-7-8-19-36(34)42(30-35)32-16-5-2-6-17-32/h1-30H/i13D,24D,25D,26D,27D,29D. The molecule has 1 heterocycles. The Labute approximate surface area is 292 Å². The van der Waals surface area contributed by atoms with Crippen LogP contribution in [0.5, 0.6) is 0 Å². The minimum Gasteiger partial charge on any atom is -0.456 e. The van der Waals surface area contributed by atoms with Gasteiger partial charge in [-0.05, 0) is 107 Å². The van der Waals surface area contributed by atoms with E-state index < -0.39 is 0 Å². The van der Waals surface area contributed by atoms with Crippen LogP contribution in [0.2, 0.25) is 0 Å². The van der Waals surface area contributed by atoms with Gasteiger partial charge < -0.3 is 4.42 Å². The van der Waals surface area contributed by atoms with Crippen LogP contribution in [0.15, 0.2) is 186 Å². The fraction of sp³-hybridized carbons (Fsp3) is 0. The molecule has 0 radical (unpaired) electrons. The topological polar surface area (TPSA) is 13.1 Å². The molecule has 0 N–H and O–H groups in total. The van der Waals surface area contributed by atoms with Crippen molar-refractivity contribution in [2.45, 2.75) is 0 Å². The molecule has 0 aliphatic rings. The average molecular weight is 629 g/mol. The summed E-state index contributed by atoms with van der Waals surface area (Å²) in [6, 6.07) is 47.5. The largest absolute Gasteiger partial charge is 0.456 e. The van der Waals surface area contributed by atoms with Crippen LogP contribution in [0.1, 0.15) is 8.22 Å². The highest BCUT2D eigenvalue weighted by Gasteiger charge is 2.21. The first-order chi connectivity index (χ1) is 26.8. The van der Waals surface area contributed by atoms with Crippen molar-refractivity contribution in [2.75, 3.05) is 0 Å². The molecule has 1 aromatic heterocycles. The molecule has 0 saturated heterocycles. The minimum absolute atomic E-state index is 0.000678. The average Bonchev–Trinajstić information content (AvgIpc) is 3.63. The molecule has 0 amide bonds. The van der Waals surface area contributed by atoms with Crippen LogP contribution in [0, 0.1) is 0 Å². The summed E-state index contributed by atoms with van der Waals surface area (Å²) in [5, 5.41) is 6.41. The zero-order chi connectivity index (χ0) is 37.5. The lowest BCUT2D eigenvalue weighted by atomic mass is 9.83. The zero-order valence-electron chi connectivity index (χ0n) is 32.3. The third-order valence-electron chi connectivity index (χ3n) is 9.55. The van der Waals surface area contributed by atoms with Crippen molar-refractivity contribution in [2.24, 2.45) is 0 Å². The Balaban J connectivity index is 1.37. The lowest BCUT2D eigenvalue weighted by Crippen LogP contribution is -1.92. The molecule has 10 rings (SSSR count). The van der Waals surface area contributed by atoms with E-state index in [2.05, 4.69) is 72.8 Å². The fourth-order valence-electron chi connectivity index (χ4n) is 7.41. The molecule has 0 bridgehead atoms. The van der Waals surface area contributed by atoms with Gasteiger partial charge in [0.2, 0.25) is 0 Å². The summed E-state index contributed by atoms with van der Waals surface area (Å²) in [5.74, 6) is 0. The van der Waals surface area contributed by atoms with Gasteiger partial charge in [0.1, 0.15) is 11.2 Å². The van der Waals surface area contributed by atoms with Crippen LogP contribution < -0.4 is 0 Å². The van der Waals surface area contributed by atoms with E-state index in [0.29, 0.717) is 22.1 Å². The quantitative estimate of drug-likeness (QED) is 0.177. The third-order valence-corrected chi connectivity index (χ3v) is 9.55. The van der Waals surface area contributed by atoms with Gasteiger partial charge in [-0.2, -0.15) is 0 Å². The van der Waals surface area contributed by atoms with Crippen LogP contribution in [0.25, 0.3) is 98.8 Å². The van der Waals surface area contributed by atoms with Gasteiger partial charge in [-0.1, -0.05) is 152 Å². The summed E-state index contributed by atoms with van der Waals surface area (Å²) in [5.41, 5.74) is 6.26. The molecule has 1 nitrogen and oxygen atoms in total. The van der Waals surface area contributed by atoms with Crippen molar-refractivity contribution in [3.8, 4) is 44.5 Å². The van der Waals surface area contributed by atoms with E-state index in [4.69, 9.17) is 9.90 Å². The molecule has 0 aliphatic heterocycles. The van der Waals surface area contributed by atoms with E-state index in [0.717, 1.165) is 54.6 Å². The van der Waals surface area contributed by atoms with Crippen molar-refractivity contribution in [3.05, 3.63) is 182 Å². The van der Waals surface area contributed by atoms with Gasteiger partial charge >= 0.3 is 0 Å². The van der Waals surface area contributed by atoms with Gasteiger partial charge in [0.05, 0.1) is 8.22 Å². The SMILES string of the molecule is [2H]c1c(-c2ccccc2)c([2H])c2c(oc3c([2H])c([2H])c([2H])c(-c4c5ccccc5c(-c5cc(-c6ccccc6)c6ccccc6c5)c5ccccc45)c32)c1[2H]. The molecular weight excluding hydrogens is 593 g/mol. The number of hydrogen-bond acceptors (Lipinski definition) is 1. The van der Waals surface area contributed by atoms with Crippen LogP contribution in [0.3, 0.4) is 0 Å². The molecule has 49 heavy (non-hydrogen) atoms. The van der Waals surface area contributed by atoms with Crippen molar-refractivity contribution in [3.63, 3.8) is 0 Å². The van der Waals surface area contributed by atoms with Gasteiger partial charge in [0.25, 0.3) is 0 Å². The highest BCUT2D eigenvalue weighted by Crippen LogP contribution is 2.48. The molecule has 10 aromatic rings. The predicted molar refractivity (Wildman–Crippen MR) is 208 cm³/mol. The Bertz CT molecular complexity index is 3150. The number of rotatable bonds is 4. The fourth-order valence-corrected chi connectivity index (χ4v) is 7.41. The summed E-state index contributed by atoms with van der Waals surface area (Å²) < 4.78 is 61.4. The van der Waals surface area contributed by atoms with Crippen molar-refractivity contribution in [1.82, 2.24) is 0 Å². The van der Waals surface area contributed by atoms with Crippen LogP contribution >= 0.6 is 0 Å². The monoisotopic (exact) mass is 628 g/mol. The first kappa shape index (κ1) is 22.2. The molecule has 0 fully saturated rings. The molecule has 0 aliphatic carbocycles. The Morgan fingerprint density at radius 2 is 0.980 bits per heavy atom. The Kier molecular flexibility index (Phi) is 5.02. The summed E-state index contributed by atoms with van der Waals surface area (Å²) >= 11 is 0. The number of benzene rings is 9. The molecule has 0 atom stereocenters. The molecule has 0 saturated carbocycles. The number of hydrogen-bond donors (Lipinski definition) is 0. The van der Waals surface area contributed by atoms with E-state index in [1.54, 1.807) is 0 Å². The van der Waals surface area contributed by atoms with Crippen LogP contribution in [-0.2, 0) is 0 Å². The molecule has 0 unspecified atom stereocenters. The van der Waals surface area contributed by atoms with Crippen molar-refractivity contribution >= 4 is 54.3 Å². The van der Waals surface area contributed by atoms with Gasteiger partial charge in [-0.15, -0.1) is 0 Å². The maximum absolute atomic E-state index is 9.56. The Morgan fingerprint density at radius 1 is 0.388 bits per heavy atom. The van der Waals surface area contributed by atoms with Crippen molar-refractivity contribution in [1.29, 1.82) is 0 Å². The Morgan fingerprint density at radius 3 is 1.67 bits per heavy atom.